The first kappa shape index (κ1) is 14.5. The molecule has 1 atom stereocenters. The molecular formula is C15H20N2O3. The third-order valence-corrected chi connectivity index (χ3v) is 3.58. The number of hydrogen-bond acceptors (Lipinski definition) is 4. The number of methoxy groups -OCH3 is 1. The number of rotatable bonds is 4. The lowest BCUT2D eigenvalue weighted by molar-refractivity contribution is -0.139. The van der Waals surface area contributed by atoms with E-state index in [4.69, 9.17) is 10.5 Å². The van der Waals surface area contributed by atoms with E-state index in [0.29, 0.717) is 11.7 Å². The van der Waals surface area contributed by atoms with Crippen LogP contribution in [0.5, 0.6) is 5.75 Å². The number of nitrogens with two attached hydrogens (primary N) is 1. The summed E-state index contributed by atoms with van der Waals surface area (Å²) in [5.41, 5.74) is 7.59. The topological polar surface area (TPSA) is 72.6 Å². The maximum absolute atomic E-state index is 11.9. The standard InChI is InChI=1S/C15H20N2O3/c1-9(2)10-4-5-13(20-3)11(6-10)8-17-14(18)7-12(16)15(17)19/h4-6,9,12H,7-8,16H2,1-3H3. The van der Waals surface area contributed by atoms with Crippen LogP contribution in [0.2, 0.25) is 0 Å². The molecule has 1 aliphatic heterocycles. The monoisotopic (exact) mass is 276 g/mol. The van der Waals surface area contributed by atoms with Crippen LogP contribution in [0, 0.1) is 0 Å². The maximum atomic E-state index is 11.9. The van der Waals surface area contributed by atoms with Crippen LogP contribution in [0.25, 0.3) is 0 Å². The van der Waals surface area contributed by atoms with Crippen LogP contribution >= 0.6 is 0 Å². The summed E-state index contributed by atoms with van der Waals surface area (Å²) in [5.74, 6) is 0.508. The first-order valence-electron chi connectivity index (χ1n) is 6.70. The average Bonchev–Trinajstić information content (AvgIpc) is 2.65. The van der Waals surface area contributed by atoms with E-state index in [1.807, 2.05) is 18.2 Å². The van der Waals surface area contributed by atoms with Gasteiger partial charge in [-0.15, -0.1) is 0 Å². The maximum Gasteiger partial charge on any atom is 0.246 e. The Morgan fingerprint density at radius 2 is 2.10 bits per heavy atom. The van der Waals surface area contributed by atoms with Gasteiger partial charge in [-0.2, -0.15) is 0 Å². The molecule has 1 aromatic rings. The lowest BCUT2D eigenvalue weighted by Gasteiger charge is -2.18. The largest absolute Gasteiger partial charge is 0.496 e. The van der Waals surface area contributed by atoms with Crippen molar-refractivity contribution in [1.29, 1.82) is 0 Å². The highest BCUT2D eigenvalue weighted by molar-refractivity contribution is 6.05. The number of amides is 2. The van der Waals surface area contributed by atoms with Gasteiger partial charge in [0.15, 0.2) is 0 Å². The molecule has 5 nitrogen and oxygen atoms in total. The summed E-state index contributed by atoms with van der Waals surface area (Å²) in [5, 5.41) is 0. The number of nitrogens with zero attached hydrogens (tertiary/aromatic N) is 1. The van der Waals surface area contributed by atoms with E-state index in [0.717, 1.165) is 11.1 Å². The van der Waals surface area contributed by atoms with Crippen LogP contribution in [-0.4, -0.2) is 29.9 Å². The zero-order chi connectivity index (χ0) is 14.9. The fraction of sp³-hybridized carbons (Fsp3) is 0.467. The lowest BCUT2D eigenvalue weighted by atomic mass is 10.00. The Balaban J connectivity index is 2.30. The number of imide groups is 1. The van der Waals surface area contributed by atoms with E-state index < -0.39 is 6.04 Å². The molecule has 0 spiro atoms. The molecule has 20 heavy (non-hydrogen) atoms. The average molecular weight is 276 g/mol. The van der Waals surface area contributed by atoms with Crippen molar-refractivity contribution in [2.45, 2.75) is 38.8 Å². The summed E-state index contributed by atoms with van der Waals surface area (Å²) in [6, 6.07) is 5.14. The van der Waals surface area contributed by atoms with Gasteiger partial charge in [0.05, 0.1) is 26.1 Å². The molecule has 2 amide bonds. The summed E-state index contributed by atoms with van der Waals surface area (Å²) in [7, 11) is 1.58. The molecule has 0 aromatic heterocycles. The minimum Gasteiger partial charge on any atom is -0.496 e. The Morgan fingerprint density at radius 3 is 2.60 bits per heavy atom. The highest BCUT2D eigenvalue weighted by Crippen LogP contribution is 2.27. The molecule has 0 aliphatic carbocycles. The number of likely N-dealkylation sites (tertiary alicyclic amines) is 1. The van der Waals surface area contributed by atoms with Gasteiger partial charge in [0.2, 0.25) is 11.8 Å². The molecule has 1 aromatic carbocycles. The Labute approximate surface area is 118 Å². The van der Waals surface area contributed by atoms with Gasteiger partial charge in [-0.25, -0.2) is 0 Å². The summed E-state index contributed by atoms with van der Waals surface area (Å²) in [6.45, 7) is 4.40. The van der Waals surface area contributed by atoms with Gasteiger partial charge < -0.3 is 10.5 Å². The molecule has 108 valence electrons. The Bertz CT molecular complexity index is 540. The Morgan fingerprint density at radius 1 is 1.40 bits per heavy atom. The van der Waals surface area contributed by atoms with E-state index in [-0.39, 0.29) is 24.8 Å². The predicted octanol–water partition coefficient (Wildman–Crippen LogP) is 1.40. The normalized spacial score (nSPS) is 19.1. The summed E-state index contributed by atoms with van der Waals surface area (Å²) in [4.78, 5) is 24.9. The van der Waals surface area contributed by atoms with E-state index in [1.54, 1.807) is 7.11 Å². The minimum atomic E-state index is -0.707. The van der Waals surface area contributed by atoms with Crippen molar-refractivity contribution in [2.24, 2.45) is 5.73 Å². The minimum absolute atomic E-state index is 0.0883. The molecule has 1 unspecified atom stereocenters. The van der Waals surface area contributed by atoms with Crippen molar-refractivity contribution in [3.63, 3.8) is 0 Å². The van der Waals surface area contributed by atoms with Crippen molar-refractivity contribution in [3.05, 3.63) is 29.3 Å². The predicted molar refractivity (Wildman–Crippen MR) is 75.2 cm³/mol. The molecule has 0 bridgehead atoms. The summed E-state index contributed by atoms with van der Waals surface area (Å²) >= 11 is 0. The second-order valence-electron chi connectivity index (χ2n) is 5.35. The Hall–Kier alpha value is -1.88. The molecule has 2 N–H and O–H groups in total. The molecular weight excluding hydrogens is 256 g/mol. The second kappa shape index (κ2) is 5.63. The molecule has 5 heteroatoms. The molecule has 0 radical (unpaired) electrons. The van der Waals surface area contributed by atoms with Crippen molar-refractivity contribution in [3.8, 4) is 5.75 Å². The van der Waals surface area contributed by atoms with Gasteiger partial charge in [0.25, 0.3) is 0 Å². The van der Waals surface area contributed by atoms with Crippen molar-refractivity contribution in [1.82, 2.24) is 4.90 Å². The molecule has 1 fully saturated rings. The quantitative estimate of drug-likeness (QED) is 0.844. The van der Waals surface area contributed by atoms with Gasteiger partial charge in [-0.05, 0) is 17.5 Å². The second-order valence-corrected chi connectivity index (χ2v) is 5.35. The van der Waals surface area contributed by atoms with Gasteiger partial charge >= 0.3 is 0 Å². The Kier molecular flexibility index (Phi) is 4.09. The zero-order valence-electron chi connectivity index (χ0n) is 12.1. The van der Waals surface area contributed by atoms with Crippen LogP contribution in [0.1, 0.15) is 37.3 Å². The highest BCUT2D eigenvalue weighted by atomic mass is 16.5. The molecule has 1 saturated heterocycles. The van der Waals surface area contributed by atoms with Crippen LogP contribution in [-0.2, 0) is 16.1 Å². The number of ether oxygens (including phenoxy) is 1. The van der Waals surface area contributed by atoms with Gasteiger partial charge in [0.1, 0.15) is 5.75 Å². The molecule has 1 heterocycles. The van der Waals surface area contributed by atoms with Crippen LogP contribution in [0.4, 0.5) is 0 Å². The molecule has 0 saturated carbocycles. The zero-order valence-corrected chi connectivity index (χ0v) is 12.1. The third-order valence-electron chi connectivity index (χ3n) is 3.58. The molecule has 1 aliphatic rings. The van der Waals surface area contributed by atoms with Gasteiger partial charge in [-0.3, -0.25) is 14.5 Å². The lowest BCUT2D eigenvalue weighted by Crippen LogP contribution is -2.34. The van der Waals surface area contributed by atoms with E-state index in [1.165, 1.54) is 4.90 Å². The molecule has 2 rings (SSSR count). The third kappa shape index (κ3) is 2.67. The number of hydrogen-bond donors (Lipinski definition) is 1. The smallest absolute Gasteiger partial charge is 0.246 e. The van der Waals surface area contributed by atoms with E-state index in [9.17, 15) is 9.59 Å². The van der Waals surface area contributed by atoms with Crippen molar-refractivity contribution < 1.29 is 14.3 Å². The SMILES string of the molecule is COc1ccc(C(C)C)cc1CN1C(=O)CC(N)C1=O. The number of carbonyl (C=O) groups excluding carboxylic acids is 2. The fourth-order valence-electron chi connectivity index (χ4n) is 2.33. The van der Waals surface area contributed by atoms with E-state index in [2.05, 4.69) is 13.8 Å². The fourth-order valence-corrected chi connectivity index (χ4v) is 2.33. The van der Waals surface area contributed by atoms with Crippen LogP contribution in [0.3, 0.4) is 0 Å². The van der Waals surface area contributed by atoms with Crippen molar-refractivity contribution in [2.75, 3.05) is 7.11 Å². The highest BCUT2D eigenvalue weighted by Gasteiger charge is 2.36. The summed E-state index contributed by atoms with van der Waals surface area (Å²) in [6.07, 6.45) is 0.0883. The summed E-state index contributed by atoms with van der Waals surface area (Å²) < 4.78 is 5.31. The van der Waals surface area contributed by atoms with Gasteiger partial charge in [0, 0.05) is 5.56 Å². The first-order valence-corrected chi connectivity index (χ1v) is 6.70. The number of carbonyl (C=O) groups is 2. The number of benzene rings is 1. The van der Waals surface area contributed by atoms with E-state index >= 15 is 0 Å². The van der Waals surface area contributed by atoms with Crippen LogP contribution in [0.15, 0.2) is 18.2 Å². The first-order chi connectivity index (χ1) is 9.43. The van der Waals surface area contributed by atoms with Crippen molar-refractivity contribution >= 4 is 11.8 Å². The van der Waals surface area contributed by atoms with Crippen LogP contribution < -0.4 is 10.5 Å². The van der Waals surface area contributed by atoms with Gasteiger partial charge in [-0.1, -0.05) is 26.0 Å².